The highest BCUT2D eigenvalue weighted by Crippen LogP contribution is 2.11. The molecular formula is C18H20N4O3. The van der Waals surface area contributed by atoms with E-state index in [1.807, 2.05) is 31.2 Å². The number of ether oxygens (including phenoxy) is 1. The van der Waals surface area contributed by atoms with Gasteiger partial charge in [-0.05, 0) is 36.8 Å². The SMILES string of the molecule is CCn1c(=O)n(CC(=O)NCc2ccc(OC)cc2)c2cccnc21. The summed E-state index contributed by atoms with van der Waals surface area (Å²) in [7, 11) is 1.61. The number of amides is 1. The molecule has 2 aromatic heterocycles. The van der Waals surface area contributed by atoms with Crippen molar-refractivity contribution >= 4 is 17.1 Å². The number of imidazole rings is 1. The van der Waals surface area contributed by atoms with Crippen LogP contribution in [0.15, 0.2) is 47.4 Å². The first-order valence-electron chi connectivity index (χ1n) is 8.07. The third kappa shape index (κ3) is 3.40. The number of hydrogen-bond donors (Lipinski definition) is 1. The van der Waals surface area contributed by atoms with Crippen molar-refractivity contribution in [2.75, 3.05) is 7.11 Å². The normalized spacial score (nSPS) is 10.8. The molecule has 0 aliphatic heterocycles. The van der Waals surface area contributed by atoms with Crippen molar-refractivity contribution in [1.82, 2.24) is 19.4 Å². The van der Waals surface area contributed by atoms with Gasteiger partial charge in [-0.1, -0.05) is 12.1 Å². The Bertz CT molecular complexity index is 941. The molecule has 0 saturated heterocycles. The minimum atomic E-state index is -0.226. The predicted octanol–water partition coefficient (Wildman–Crippen LogP) is 1.54. The Morgan fingerprint density at radius 1 is 1.20 bits per heavy atom. The first kappa shape index (κ1) is 16.8. The number of aryl methyl sites for hydroxylation is 1. The van der Waals surface area contributed by atoms with E-state index in [0.29, 0.717) is 24.3 Å². The van der Waals surface area contributed by atoms with Crippen LogP contribution in [0.3, 0.4) is 0 Å². The van der Waals surface area contributed by atoms with E-state index in [2.05, 4.69) is 10.3 Å². The van der Waals surface area contributed by atoms with Crippen molar-refractivity contribution in [3.8, 4) is 5.75 Å². The number of fused-ring (bicyclic) bond motifs is 1. The molecule has 3 aromatic rings. The Labute approximate surface area is 144 Å². The van der Waals surface area contributed by atoms with E-state index in [4.69, 9.17) is 4.74 Å². The van der Waals surface area contributed by atoms with Crippen LogP contribution in [0.5, 0.6) is 5.75 Å². The van der Waals surface area contributed by atoms with Crippen LogP contribution in [0.1, 0.15) is 12.5 Å². The number of carbonyl (C=O) groups excluding carboxylic acids is 1. The molecule has 1 N–H and O–H groups in total. The highest BCUT2D eigenvalue weighted by atomic mass is 16.5. The summed E-state index contributed by atoms with van der Waals surface area (Å²) < 4.78 is 8.12. The Kier molecular flexibility index (Phi) is 4.83. The van der Waals surface area contributed by atoms with Gasteiger partial charge in [0.2, 0.25) is 5.91 Å². The van der Waals surface area contributed by atoms with Gasteiger partial charge in [0.05, 0.1) is 12.6 Å². The summed E-state index contributed by atoms with van der Waals surface area (Å²) in [6.45, 7) is 2.74. The van der Waals surface area contributed by atoms with Crippen LogP contribution in [-0.2, 0) is 24.4 Å². The lowest BCUT2D eigenvalue weighted by atomic mass is 10.2. The lowest BCUT2D eigenvalue weighted by Crippen LogP contribution is -2.32. The van der Waals surface area contributed by atoms with Crippen molar-refractivity contribution in [3.63, 3.8) is 0 Å². The number of aromatic nitrogens is 3. The van der Waals surface area contributed by atoms with E-state index in [9.17, 15) is 9.59 Å². The summed E-state index contributed by atoms with van der Waals surface area (Å²) in [5.74, 6) is 0.540. The molecular weight excluding hydrogens is 320 g/mol. The molecule has 3 rings (SSSR count). The number of benzene rings is 1. The second-order valence-corrected chi connectivity index (χ2v) is 5.58. The van der Waals surface area contributed by atoms with E-state index in [0.717, 1.165) is 11.3 Å². The van der Waals surface area contributed by atoms with Gasteiger partial charge < -0.3 is 10.1 Å². The molecule has 25 heavy (non-hydrogen) atoms. The van der Waals surface area contributed by atoms with Gasteiger partial charge in [-0.2, -0.15) is 0 Å². The van der Waals surface area contributed by atoms with Gasteiger partial charge in [0, 0.05) is 19.3 Å². The molecule has 0 unspecified atom stereocenters. The number of nitrogens with one attached hydrogen (secondary N) is 1. The van der Waals surface area contributed by atoms with Gasteiger partial charge in [-0.15, -0.1) is 0 Å². The third-order valence-corrected chi connectivity index (χ3v) is 4.04. The molecule has 1 amide bonds. The third-order valence-electron chi connectivity index (χ3n) is 4.04. The fourth-order valence-electron chi connectivity index (χ4n) is 2.73. The molecule has 1 aromatic carbocycles. The molecule has 0 radical (unpaired) electrons. The fraction of sp³-hybridized carbons (Fsp3) is 0.278. The molecule has 7 nitrogen and oxygen atoms in total. The first-order valence-corrected chi connectivity index (χ1v) is 8.07. The largest absolute Gasteiger partial charge is 0.497 e. The zero-order valence-electron chi connectivity index (χ0n) is 14.2. The summed E-state index contributed by atoms with van der Waals surface area (Å²) in [5, 5.41) is 2.83. The Morgan fingerprint density at radius 2 is 1.96 bits per heavy atom. The molecule has 0 aliphatic carbocycles. The second-order valence-electron chi connectivity index (χ2n) is 5.58. The van der Waals surface area contributed by atoms with Gasteiger partial charge in [-0.25, -0.2) is 9.78 Å². The molecule has 0 atom stereocenters. The van der Waals surface area contributed by atoms with Crippen molar-refractivity contribution in [2.45, 2.75) is 26.6 Å². The number of pyridine rings is 1. The zero-order valence-corrected chi connectivity index (χ0v) is 14.2. The summed E-state index contributed by atoms with van der Waals surface area (Å²) in [5.41, 5.74) is 1.99. The molecule has 7 heteroatoms. The van der Waals surface area contributed by atoms with E-state index >= 15 is 0 Å². The van der Waals surface area contributed by atoms with Crippen molar-refractivity contribution in [1.29, 1.82) is 0 Å². The van der Waals surface area contributed by atoms with Crippen LogP contribution in [0.4, 0.5) is 0 Å². The van der Waals surface area contributed by atoms with Crippen LogP contribution >= 0.6 is 0 Å². The van der Waals surface area contributed by atoms with Crippen LogP contribution in [0.2, 0.25) is 0 Å². The number of hydrogen-bond acceptors (Lipinski definition) is 4. The maximum atomic E-state index is 12.5. The minimum absolute atomic E-state index is 0.0375. The smallest absolute Gasteiger partial charge is 0.330 e. The predicted molar refractivity (Wildman–Crippen MR) is 94.5 cm³/mol. The van der Waals surface area contributed by atoms with Crippen LogP contribution in [0, 0.1) is 0 Å². The quantitative estimate of drug-likeness (QED) is 0.738. The fourth-order valence-corrected chi connectivity index (χ4v) is 2.73. The van der Waals surface area contributed by atoms with E-state index in [1.165, 1.54) is 4.57 Å². The Morgan fingerprint density at radius 3 is 2.64 bits per heavy atom. The van der Waals surface area contributed by atoms with E-state index in [-0.39, 0.29) is 18.1 Å². The maximum absolute atomic E-state index is 12.5. The topological polar surface area (TPSA) is 78.2 Å². The first-order chi connectivity index (χ1) is 12.1. The van der Waals surface area contributed by atoms with E-state index in [1.54, 1.807) is 30.0 Å². The summed E-state index contributed by atoms with van der Waals surface area (Å²) in [4.78, 5) is 29.0. The van der Waals surface area contributed by atoms with Crippen molar-refractivity contribution < 1.29 is 9.53 Å². The summed E-state index contributed by atoms with van der Waals surface area (Å²) in [6, 6.07) is 11.0. The average molecular weight is 340 g/mol. The number of methoxy groups -OCH3 is 1. The monoisotopic (exact) mass is 340 g/mol. The van der Waals surface area contributed by atoms with Crippen LogP contribution in [0.25, 0.3) is 11.2 Å². The minimum Gasteiger partial charge on any atom is -0.497 e. The van der Waals surface area contributed by atoms with Crippen molar-refractivity contribution in [3.05, 3.63) is 58.6 Å². The molecule has 0 bridgehead atoms. The summed E-state index contributed by atoms with van der Waals surface area (Å²) in [6.07, 6.45) is 1.64. The van der Waals surface area contributed by atoms with E-state index < -0.39 is 0 Å². The average Bonchev–Trinajstić information content (AvgIpc) is 2.91. The van der Waals surface area contributed by atoms with Gasteiger partial charge in [0.1, 0.15) is 12.3 Å². The Hall–Kier alpha value is -3.09. The zero-order chi connectivity index (χ0) is 17.8. The molecule has 130 valence electrons. The van der Waals surface area contributed by atoms with Crippen LogP contribution in [-0.4, -0.2) is 27.1 Å². The van der Waals surface area contributed by atoms with Gasteiger partial charge in [0.25, 0.3) is 0 Å². The second kappa shape index (κ2) is 7.21. The maximum Gasteiger partial charge on any atom is 0.330 e. The van der Waals surface area contributed by atoms with Gasteiger partial charge in [-0.3, -0.25) is 13.9 Å². The highest BCUT2D eigenvalue weighted by Gasteiger charge is 2.15. The Balaban J connectivity index is 1.73. The standard InChI is InChI=1S/C18H20N4O3/c1-3-21-17-15(5-4-10-19-17)22(18(21)24)12-16(23)20-11-13-6-8-14(25-2)9-7-13/h4-10H,3,11-12H2,1-2H3,(H,20,23). The van der Waals surface area contributed by atoms with Crippen molar-refractivity contribution in [2.24, 2.45) is 0 Å². The lowest BCUT2D eigenvalue weighted by molar-refractivity contribution is -0.121. The van der Waals surface area contributed by atoms with Gasteiger partial charge >= 0.3 is 5.69 Å². The molecule has 2 heterocycles. The molecule has 0 fully saturated rings. The highest BCUT2D eigenvalue weighted by molar-refractivity contribution is 5.79. The summed E-state index contributed by atoms with van der Waals surface area (Å²) >= 11 is 0. The lowest BCUT2D eigenvalue weighted by Gasteiger charge is -2.07. The van der Waals surface area contributed by atoms with Crippen LogP contribution < -0.4 is 15.7 Å². The number of rotatable bonds is 6. The molecule has 0 spiro atoms. The number of carbonyl (C=O) groups is 1. The number of nitrogens with zero attached hydrogens (tertiary/aromatic N) is 3. The molecule has 0 aliphatic rings. The van der Waals surface area contributed by atoms with Gasteiger partial charge in [0.15, 0.2) is 5.65 Å². The molecule has 0 saturated carbocycles.